The van der Waals surface area contributed by atoms with Gasteiger partial charge in [0, 0.05) is 12.4 Å². The van der Waals surface area contributed by atoms with Crippen molar-refractivity contribution in [1.82, 2.24) is 29.9 Å². The highest BCUT2D eigenvalue weighted by atomic mass is 19.1. The molecule has 4 aromatic rings. The molecule has 8 nitrogen and oxygen atoms in total. The monoisotopic (exact) mass is 504 g/mol. The van der Waals surface area contributed by atoms with Crippen molar-refractivity contribution < 1.29 is 19.0 Å². The van der Waals surface area contributed by atoms with Gasteiger partial charge in [-0.1, -0.05) is 19.9 Å². The van der Waals surface area contributed by atoms with E-state index in [2.05, 4.69) is 34.1 Å². The van der Waals surface area contributed by atoms with Crippen molar-refractivity contribution in [3.05, 3.63) is 77.5 Å². The Morgan fingerprint density at radius 1 is 1.11 bits per heavy atom. The first-order valence-corrected chi connectivity index (χ1v) is 12.2. The molecule has 6 rings (SSSR count). The number of hydrogen-bond donors (Lipinski definition) is 2. The summed E-state index contributed by atoms with van der Waals surface area (Å²) in [5.41, 5.74) is 2.40. The van der Waals surface area contributed by atoms with Crippen LogP contribution in [0.1, 0.15) is 55.6 Å². The lowest BCUT2D eigenvalue weighted by Gasteiger charge is -2.37. The van der Waals surface area contributed by atoms with Crippen molar-refractivity contribution in [2.24, 2.45) is 5.41 Å². The molecule has 10 heteroatoms. The Bertz CT molecular complexity index is 1480. The standard InChI is InChI=1S/C27H26F2N6O2/c1-26(2)18-6-8-27(26,24-17(18)10-21(33-34-24)23-19(28)4-3-5-20(23)29)22-7-9-30-25(32-22)15-11-31-35(12-15)16(13-36)14-37/h3-5,7,9-12,16,18,36-37H,6,8,13-14H2,1-2H3/t18-,27+/m0/s1. The average molecular weight is 505 g/mol. The minimum Gasteiger partial charge on any atom is -0.394 e. The number of aliphatic hydroxyl groups excluding tert-OH is 2. The van der Waals surface area contributed by atoms with Gasteiger partial charge in [0.2, 0.25) is 0 Å². The van der Waals surface area contributed by atoms with Crippen molar-refractivity contribution in [3.63, 3.8) is 0 Å². The summed E-state index contributed by atoms with van der Waals surface area (Å²) in [7, 11) is 0. The summed E-state index contributed by atoms with van der Waals surface area (Å²) >= 11 is 0. The summed E-state index contributed by atoms with van der Waals surface area (Å²) in [5, 5.41) is 32.1. The minimum atomic E-state index is -0.669. The van der Waals surface area contributed by atoms with Crippen molar-refractivity contribution >= 4 is 0 Å². The van der Waals surface area contributed by atoms with Gasteiger partial charge < -0.3 is 10.2 Å². The molecule has 2 aliphatic rings. The third-order valence-corrected chi connectivity index (χ3v) is 8.35. The second-order valence-corrected chi connectivity index (χ2v) is 10.3. The number of fused-ring (bicyclic) bond motifs is 5. The molecule has 2 atom stereocenters. The van der Waals surface area contributed by atoms with E-state index in [1.807, 2.05) is 6.07 Å². The van der Waals surface area contributed by atoms with E-state index in [1.54, 1.807) is 24.7 Å². The van der Waals surface area contributed by atoms with E-state index in [0.717, 1.165) is 29.8 Å². The Labute approximate surface area is 212 Å². The first kappa shape index (κ1) is 23.7. The molecule has 0 spiro atoms. The highest BCUT2D eigenvalue weighted by molar-refractivity contribution is 5.64. The number of benzene rings is 1. The third kappa shape index (κ3) is 3.28. The zero-order valence-electron chi connectivity index (χ0n) is 20.4. The fourth-order valence-electron chi connectivity index (χ4n) is 6.37. The quantitative estimate of drug-likeness (QED) is 0.411. The highest BCUT2D eigenvalue weighted by Crippen LogP contribution is 2.69. The van der Waals surface area contributed by atoms with Crippen LogP contribution in [-0.2, 0) is 5.41 Å². The second-order valence-electron chi connectivity index (χ2n) is 10.3. The summed E-state index contributed by atoms with van der Waals surface area (Å²) in [4.78, 5) is 9.40. The zero-order valence-corrected chi connectivity index (χ0v) is 20.4. The van der Waals surface area contributed by atoms with E-state index in [0.29, 0.717) is 11.4 Å². The zero-order chi connectivity index (χ0) is 25.9. The Morgan fingerprint density at radius 3 is 2.59 bits per heavy atom. The molecule has 0 unspecified atom stereocenters. The Hall–Kier alpha value is -3.63. The fraction of sp³-hybridized carbons (Fsp3) is 0.370. The minimum absolute atomic E-state index is 0.127. The lowest BCUT2D eigenvalue weighted by molar-refractivity contribution is 0.146. The molecule has 3 heterocycles. The molecule has 1 saturated carbocycles. The first-order chi connectivity index (χ1) is 17.8. The van der Waals surface area contributed by atoms with E-state index in [4.69, 9.17) is 4.98 Å². The van der Waals surface area contributed by atoms with E-state index < -0.39 is 23.1 Å². The van der Waals surface area contributed by atoms with E-state index in [-0.39, 0.29) is 35.8 Å². The fourth-order valence-corrected chi connectivity index (χ4v) is 6.37. The number of rotatable bonds is 6. The van der Waals surface area contributed by atoms with Gasteiger partial charge in [0.15, 0.2) is 5.82 Å². The summed E-state index contributed by atoms with van der Waals surface area (Å²) in [6.07, 6.45) is 6.71. The molecule has 2 bridgehead atoms. The molecule has 2 N–H and O–H groups in total. The van der Waals surface area contributed by atoms with Crippen LogP contribution in [0.4, 0.5) is 8.78 Å². The molecule has 0 aliphatic heterocycles. The molecular formula is C27H26F2N6O2. The van der Waals surface area contributed by atoms with Crippen LogP contribution in [0.5, 0.6) is 0 Å². The van der Waals surface area contributed by atoms with Crippen LogP contribution in [0.25, 0.3) is 22.6 Å². The van der Waals surface area contributed by atoms with Gasteiger partial charge in [-0.15, -0.1) is 5.10 Å². The van der Waals surface area contributed by atoms with Gasteiger partial charge in [0.25, 0.3) is 0 Å². The maximum absolute atomic E-state index is 14.5. The van der Waals surface area contributed by atoms with Crippen LogP contribution in [0.2, 0.25) is 0 Å². The number of aromatic nitrogens is 6. The van der Waals surface area contributed by atoms with Crippen molar-refractivity contribution in [3.8, 4) is 22.6 Å². The number of aliphatic hydroxyl groups is 2. The molecule has 0 radical (unpaired) electrons. The van der Waals surface area contributed by atoms with Gasteiger partial charge in [-0.2, -0.15) is 10.2 Å². The Morgan fingerprint density at radius 2 is 1.86 bits per heavy atom. The Kier molecular flexibility index (Phi) is 5.43. The van der Waals surface area contributed by atoms with Gasteiger partial charge in [0.05, 0.1) is 59.1 Å². The predicted octanol–water partition coefficient (Wildman–Crippen LogP) is 3.80. The highest BCUT2D eigenvalue weighted by Gasteiger charge is 2.65. The normalized spacial score (nSPS) is 21.5. The molecule has 0 amide bonds. The van der Waals surface area contributed by atoms with E-state index in [1.165, 1.54) is 22.9 Å². The number of hydrogen-bond acceptors (Lipinski definition) is 7. The summed E-state index contributed by atoms with van der Waals surface area (Å²) < 4.78 is 30.5. The van der Waals surface area contributed by atoms with Crippen LogP contribution < -0.4 is 0 Å². The molecule has 1 fully saturated rings. The van der Waals surface area contributed by atoms with Gasteiger partial charge in [0.1, 0.15) is 11.6 Å². The lowest BCUT2D eigenvalue weighted by atomic mass is 9.66. The van der Waals surface area contributed by atoms with Gasteiger partial charge in [-0.05, 0) is 54.0 Å². The lowest BCUT2D eigenvalue weighted by Crippen LogP contribution is -2.38. The first-order valence-electron chi connectivity index (χ1n) is 12.2. The molecule has 1 aromatic carbocycles. The maximum Gasteiger partial charge on any atom is 0.162 e. The maximum atomic E-state index is 14.5. The van der Waals surface area contributed by atoms with Crippen molar-refractivity contribution in [2.75, 3.05) is 13.2 Å². The second kappa shape index (κ2) is 8.46. The summed E-state index contributed by atoms with van der Waals surface area (Å²) in [6, 6.07) is 6.91. The topological polar surface area (TPSA) is 110 Å². The largest absolute Gasteiger partial charge is 0.394 e. The van der Waals surface area contributed by atoms with Gasteiger partial charge in [-0.25, -0.2) is 18.7 Å². The molecule has 37 heavy (non-hydrogen) atoms. The van der Waals surface area contributed by atoms with Crippen LogP contribution in [0.3, 0.4) is 0 Å². The Balaban J connectivity index is 1.45. The molecule has 0 saturated heterocycles. The molecular weight excluding hydrogens is 478 g/mol. The predicted molar refractivity (Wildman–Crippen MR) is 130 cm³/mol. The van der Waals surface area contributed by atoms with Crippen molar-refractivity contribution in [1.29, 1.82) is 0 Å². The third-order valence-electron chi connectivity index (χ3n) is 8.35. The van der Waals surface area contributed by atoms with Crippen LogP contribution in [0, 0.1) is 17.0 Å². The van der Waals surface area contributed by atoms with E-state index in [9.17, 15) is 19.0 Å². The van der Waals surface area contributed by atoms with Gasteiger partial charge in [-0.3, -0.25) is 4.68 Å². The number of halogens is 2. The summed E-state index contributed by atoms with van der Waals surface area (Å²) in [6.45, 7) is 3.88. The van der Waals surface area contributed by atoms with Crippen molar-refractivity contribution in [2.45, 2.75) is 44.1 Å². The average Bonchev–Trinajstić information content (AvgIpc) is 3.53. The molecule has 3 aromatic heterocycles. The molecule has 190 valence electrons. The van der Waals surface area contributed by atoms with Crippen LogP contribution in [0.15, 0.2) is 48.9 Å². The number of nitrogens with zero attached hydrogens (tertiary/aromatic N) is 6. The van der Waals surface area contributed by atoms with E-state index >= 15 is 0 Å². The smallest absolute Gasteiger partial charge is 0.162 e. The van der Waals surface area contributed by atoms with Gasteiger partial charge >= 0.3 is 0 Å². The summed E-state index contributed by atoms with van der Waals surface area (Å²) in [5.74, 6) is -0.741. The molecule has 2 aliphatic carbocycles. The SMILES string of the molecule is CC1(C)[C@H]2CC[C@@]1(c1ccnc(-c3cnn(C(CO)CO)c3)n1)c1nnc(-c3c(F)cccc3F)cc12. The van der Waals surface area contributed by atoms with Crippen LogP contribution >= 0.6 is 0 Å². The van der Waals surface area contributed by atoms with Crippen LogP contribution in [-0.4, -0.2) is 53.4 Å².